The molecule has 0 aliphatic heterocycles. The Hall–Kier alpha value is -2.71. The number of rotatable bonds is 8. The summed E-state index contributed by atoms with van der Waals surface area (Å²) in [6.07, 6.45) is 0.763. The minimum Gasteiger partial charge on any atom is -0.346 e. The second-order valence-electron chi connectivity index (χ2n) is 7.71. The highest BCUT2D eigenvalue weighted by Gasteiger charge is 2.26. The van der Waals surface area contributed by atoms with Gasteiger partial charge in [0.2, 0.25) is 21.8 Å². The fourth-order valence-electron chi connectivity index (χ4n) is 3.39. The van der Waals surface area contributed by atoms with E-state index in [1.54, 1.807) is 19.9 Å². The summed E-state index contributed by atoms with van der Waals surface area (Å²) in [6.45, 7) is 10.4. The van der Waals surface area contributed by atoms with Gasteiger partial charge in [0.15, 0.2) is 0 Å². The summed E-state index contributed by atoms with van der Waals surface area (Å²) in [7, 11) is -3.92. The highest BCUT2D eigenvalue weighted by molar-refractivity contribution is 7.89. The van der Waals surface area contributed by atoms with E-state index in [4.69, 9.17) is 0 Å². The van der Waals surface area contributed by atoms with E-state index in [-0.39, 0.29) is 17.3 Å². The normalized spacial score (nSPS) is 12.3. The van der Waals surface area contributed by atoms with Gasteiger partial charge in [-0.05, 0) is 74.9 Å². The first-order chi connectivity index (χ1) is 14.5. The van der Waals surface area contributed by atoms with E-state index in [0.29, 0.717) is 16.8 Å². The molecule has 0 unspecified atom stereocenters. The molecule has 2 aromatic carbocycles. The Kier molecular flexibility index (Phi) is 7.97. The SMILES string of the molecule is CCc1ccccc1NC(=O)CNC(=O)[C@H](C)NS(=O)(=O)c1c(C)c(C)cc(C)c1C. The van der Waals surface area contributed by atoms with Crippen LogP contribution < -0.4 is 15.4 Å². The maximum Gasteiger partial charge on any atom is 0.243 e. The van der Waals surface area contributed by atoms with Crippen molar-refractivity contribution in [2.75, 3.05) is 11.9 Å². The standard InChI is InChI=1S/C23H31N3O4S/c1-7-19-10-8-9-11-20(19)25-21(27)13-24-23(28)18(6)26-31(29,30)22-16(4)14(2)12-15(3)17(22)5/h8-12,18,26H,7,13H2,1-6H3,(H,24,28)(H,25,27)/t18-/m0/s1. The maximum atomic E-state index is 13.0. The molecule has 1 atom stereocenters. The van der Waals surface area contributed by atoms with Crippen molar-refractivity contribution in [2.24, 2.45) is 0 Å². The molecule has 0 saturated carbocycles. The minimum atomic E-state index is -3.92. The van der Waals surface area contributed by atoms with E-state index in [0.717, 1.165) is 23.1 Å². The molecular formula is C23H31N3O4S. The van der Waals surface area contributed by atoms with Crippen LogP contribution in [0, 0.1) is 27.7 Å². The van der Waals surface area contributed by atoms with Crippen LogP contribution in [0.1, 0.15) is 41.7 Å². The maximum absolute atomic E-state index is 13.0. The van der Waals surface area contributed by atoms with E-state index < -0.39 is 22.0 Å². The lowest BCUT2D eigenvalue weighted by Crippen LogP contribution is -2.46. The van der Waals surface area contributed by atoms with Crippen molar-refractivity contribution in [2.45, 2.75) is 58.9 Å². The molecule has 168 valence electrons. The summed E-state index contributed by atoms with van der Waals surface area (Å²) in [5, 5.41) is 5.25. The van der Waals surface area contributed by atoms with Gasteiger partial charge < -0.3 is 10.6 Å². The summed E-state index contributed by atoms with van der Waals surface area (Å²) in [5.74, 6) is -0.965. The summed E-state index contributed by atoms with van der Waals surface area (Å²) in [6, 6.07) is 8.33. The minimum absolute atomic E-state index is 0.193. The number of hydrogen-bond acceptors (Lipinski definition) is 4. The van der Waals surface area contributed by atoms with Crippen LogP contribution in [-0.4, -0.2) is 32.8 Å². The number of amides is 2. The molecule has 0 spiro atoms. The van der Waals surface area contributed by atoms with Crippen LogP contribution in [0.4, 0.5) is 5.69 Å². The molecule has 0 aliphatic carbocycles. The van der Waals surface area contributed by atoms with Crippen molar-refractivity contribution >= 4 is 27.5 Å². The van der Waals surface area contributed by atoms with Gasteiger partial charge in [-0.15, -0.1) is 0 Å². The summed E-state index contributed by atoms with van der Waals surface area (Å²) in [5.41, 5.74) is 4.71. The summed E-state index contributed by atoms with van der Waals surface area (Å²) < 4.78 is 28.4. The van der Waals surface area contributed by atoms with Crippen LogP contribution in [0.5, 0.6) is 0 Å². The molecule has 2 rings (SSSR count). The number of benzene rings is 2. The highest BCUT2D eigenvalue weighted by Crippen LogP contribution is 2.26. The smallest absolute Gasteiger partial charge is 0.243 e. The number of sulfonamides is 1. The third kappa shape index (κ3) is 5.92. The number of aryl methyl sites for hydroxylation is 3. The van der Waals surface area contributed by atoms with Gasteiger partial charge in [-0.25, -0.2) is 8.42 Å². The van der Waals surface area contributed by atoms with E-state index in [1.807, 2.05) is 45.0 Å². The van der Waals surface area contributed by atoms with E-state index >= 15 is 0 Å². The molecule has 0 saturated heterocycles. The number of carbonyl (C=O) groups is 2. The first-order valence-corrected chi connectivity index (χ1v) is 11.7. The largest absolute Gasteiger partial charge is 0.346 e. The quantitative estimate of drug-likeness (QED) is 0.581. The monoisotopic (exact) mass is 445 g/mol. The van der Waals surface area contributed by atoms with Crippen LogP contribution in [0.25, 0.3) is 0 Å². The van der Waals surface area contributed by atoms with Crippen LogP contribution in [0.2, 0.25) is 0 Å². The molecule has 2 aromatic rings. The molecule has 0 aliphatic rings. The topological polar surface area (TPSA) is 104 Å². The van der Waals surface area contributed by atoms with Crippen molar-refractivity contribution in [3.8, 4) is 0 Å². The lowest BCUT2D eigenvalue weighted by atomic mass is 10.0. The molecule has 8 heteroatoms. The van der Waals surface area contributed by atoms with Crippen molar-refractivity contribution in [1.29, 1.82) is 0 Å². The van der Waals surface area contributed by atoms with Crippen molar-refractivity contribution < 1.29 is 18.0 Å². The molecule has 0 fully saturated rings. The average Bonchev–Trinajstić information content (AvgIpc) is 2.70. The Labute approximate surface area is 184 Å². The van der Waals surface area contributed by atoms with Crippen molar-refractivity contribution in [3.63, 3.8) is 0 Å². The predicted molar refractivity (Wildman–Crippen MR) is 123 cm³/mol. The van der Waals surface area contributed by atoms with Crippen LogP contribution >= 0.6 is 0 Å². The Balaban J connectivity index is 2.03. The van der Waals surface area contributed by atoms with Crippen LogP contribution in [0.15, 0.2) is 35.2 Å². The predicted octanol–water partition coefficient (Wildman–Crippen LogP) is 2.90. The number of hydrogen-bond donors (Lipinski definition) is 3. The number of carbonyl (C=O) groups excluding carboxylic acids is 2. The molecule has 2 amide bonds. The Morgan fingerprint density at radius 1 is 1.00 bits per heavy atom. The lowest BCUT2D eigenvalue weighted by Gasteiger charge is -2.19. The van der Waals surface area contributed by atoms with Crippen molar-refractivity contribution in [3.05, 3.63) is 58.1 Å². The number of nitrogens with one attached hydrogen (secondary N) is 3. The van der Waals surface area contributed by atoms with Gasteiger partial charge in [0.05, 0.1) is 17.5 Å². The first kappa shape index (κ1) is 24.6. The van der Waals surface area contributed by atoms with Crippen LogP contribution in [0.3, 0.4) is 0 Å². The fourth-order valence-corrected chi connectivity index (χ4v) is 5.21. The van der Waals surface area contributed by atoms with E-state index in [9.17, 15) is 18.0 Å². The zero-order chi connectivity index (χ0) is 23.3. The molecule has 7 nitrogen and oxygen atoms in total. The van der Waals surface area contributed by atoms with Gasteiger partial charge in [0.25, 0.3) is 0 Å². The average molecular weight is 446 g/mol. The molecule has 3 N–H and O–H groups in total. The van der Waals surface area contributed by atoms with Gasteiger partial charge in [0, 0.05) is 5.69 Å². The third-order valence-corrected chi connectivity index (χ3v) is 7.20. The lowest BCUT2D eigenvalue weighted by molar-refractivity contribution is -0.125. The van der Waals surface area contributed by atoms with Crippen LogP contribution in [-0.2, 0) is 26.0 Å². The number of anilines is 1. The molecule has 0 heterocycles. The first-order valence-electron chi connectivity index (χ1n) is 10.2. The van der Waals surface area contributed by atoms with Gasteiger partial charge in [0.1, 0.15) is 0 Å². The zero-order valence-corrected chi connectivity index (χ0v) is 19.7. The molecule has 0 radical (unpaired) electrons. The second kappa shape index (κ2) is 10.1. The summed E-state index contributed by atoms with van der Waals surface area (Å²) in [4.78, 5) is 24.8. The third-order valence-electron chi connectivity index (χ3n) is 5.39. The van der Waals surface area contributed by atoms with Gasteiger partial charge >= 0.3 is 0 Å². The number of para-hydroxylation sites is 1. The highest BCUT2D eigenvalue weighted by atomic mass is 32.2. The van der Waals surface area contributed by atoms with E-state index in [1.165, 1.54) is 6.92 Å². The Bertz CT molecular complexity index is 1070. The van der Waals surface area contributed by atoms with Gasteiger partial charge in [-0.1, -0.05) is 31.2 Å². The van der Waals surface area contributed by atoms with E-state index in [2.05, 4.69) is 15.4 Å². The van der Waals surface area contributed by atoms with Gasteiger partial charge in [-0.2, -0.15) is 4.72 Å². The fraction of sp³-hybridized carbons (Fsp3) is 0.391. The molecule has 0 bridgehead atoms. The Morgan fingerprint density at radius 2 is 1.58 bits per heavy atom. The molecule has 0 aromatic heterocycles. The summed E-state index contributed by atoms with van der Waals surface area (Å²) >= 11 is 0. The zero-order valence-electron chi connectivity index (χ0n) is 18.9. The second-order valence-corrected chi connectivity index (χ2v) is 9.36. The van der Waals surface area contributed by atoms with Gasteiger partial charge in [-0.3, -0.25) is 9.59 Å². The molecular weight excluding hydrogens is 414 g/mol. The van der Waals surface area contributed by atoms with Crippen molar-refractivity contribution in [1.82, 2.24) is 10.0 Å². The molecule has 31 heavy (non-hydrogen) atoms. The Morgan fingerprint density at radius 3 is 2.16 bits per heavy atom.